The van der Waals surface area contributed by atoms with Crippen LogP contribution >= 0.6 is 0 Å². The Hall–Kier alpha value is -0.830. The highest BCUT2D eigenvalue weighted by Gasteiger charge is 2.13. The summed E-state index contributed by atoms with van der Waals surface area (Å²) >= 11 is 0. The van der Waals surface area contributed by atoms with E-state index >= 15 is 0 Å². The summed E-state index contributed by atoms with van der Waals surface area (Å²) in [4.78, 5) is 11.3. The predicted molar refractivity (Wildman–Crippen MR) is 53.9 cm³/mol. The van der Waals surface area contributed by atoms with E-state index in [1.165, 1.54) is 0 Å². The summed E-state index contributed by atoms with van der Waals surface area (Å²) in [5, 5.41) is 0. The number of hydrogen-bond donors (Lipinski definition) is 0. The maximum absolute atomic E-state index is 11.3. The minimum absolute atomic E-state index is 0.195. The van der Waals surface area contributed by atoms with Crippen molar-refractivity contribution in [3.8, 4) is 0 Å². The van der Waals surface area contributed by atoms with Crippen LogP contribution in [-0.4, -0.2) is 25.8 Å². The molecule has 0 aromatic rings. The second kappa shape index (κ2) is 5.81. The van der Waals surface area contributed by atoms with Gasteiger partial charge in [-0.15, -0.1) is 0 Å². The molecule has 3 nitrogen and oxygen atoms in total. The molecular formula is C11H18O3. The fourth-order valence-electron chi connectivity index (χ4n) is 1.55. The Morgan fingerprint density at radius 3 is 2.71 bits per heavy atom. The molecule has 0 spiro atoms. The second-order valence-electron chi connectivity index (χ2n) is 3.52. The molecule has 0 radical (unpaired) electrons. The minimum atomic E-state index is -0.195. The van der Waals surface area contributed by atoms with Crippen LogP contribution in [0.4, 0.5) is 0 Å². The van der Waals surface area contributed by atoms with Gasteiger partial charge in [0.15, 0.2) is 0 Å². The molecule has 1 heterocycles. The summed E-state index contributed by atoms with van der Waals surface area (Å²) < 4.78 is 10.2. The molecule has 1 saturated heterocycles. The zero-order valence-electron chi connectivity index (χ0n) is 8.91. The number of esters is 1. The van der Waals surface area contributed by atoms with Crippen molar-refractivity contribution in [3.63, 3.8) is 0 Å². The van der Waals surface area contributed by atoms with E-state index in [1.807, 2.05) is 19.9 Å². The van der Waals surface area contributed by atoms with Gasteiger partial charge in [0, 0.05) is 18.8 Å². The van der Waals surface area contributed by atoms with Crippen molar-refractivity contribution < 1.29 is 14.3 Å². The molecule has 0 saturated carbocycles. The number of carbonyl (C=O) groups excluding carboxylic acids is 1. The molecule has 0 bridgehead atoms. The molecule has 1 rings (SSSR count). The molecule has 14 heavy (non-hydrogen) atoms. The van der Waals surface area contributed by atoms with Crippen molar-refractivity contribution in [2.75, 3.05) is 19.8 Å². The van der Waals surface area contributed by atoms with Crippen molar-refractivity contribution in [1.82, 2.24) is 0 Å². The Labute approximate surface area is 85.1 Å². The van der Waals surface area contributed by atoms with E-state index in [1.54, 1.807) is 0 Å². The average molecular weight is 198 g/mol. The van der Waals surface area contributed by atoms with Gasteiger partial charge in [0.2, 0.25) is 0 Å². The van der Waals surface area contributed by atoms with Crippen molar-refractivity contribution >= 4 is 5.97 Å². The SMILES string of the molecule is CCOC(=O)/C(C)=C/C1CCOCC1. The van der Waals surface area contributed by atoms with Crippen LogP contribution in [0.2, 0.25) is 0 Å². The molecule has 0 aromatic heterocycles. The Bertz CT molecular complexity index is 215. The smallest absolute Gasteiger partial charge is 0.333 e. The van der Waals surface area contributed by atoms with E-state index in [2.05, 4.69) is 0 Å². The number of carbonyl (C=O) groups is 1. The quantitative estimate of drug-likeness (QED) is 0.513. The van der Waals surface area contributed by atoms with Crippen molar-refractivity contribution in [1.29, 1.82) is 0 Å². The number of hydrogen-bond acceptors (Lipinski definition) is 3. The molecule has 0 atom stereocenters. The number of allylic oxidation sites excluding steroid dienone is 1. The molecule has 1 fully saturated rings. The lowest BCUT2D eigenvalue weighted by molar-refractivity contribution is -0.138. The normalized spacial score (nSPS) is 19.4. The van der Waals surface area contributed by atoms with Gasteiger partial charge < -0.3 is 9.47 Å². The topological polar surface area (TPSA) is 35.5 Å². The van der Waals surface area contributed by atoms with Gasteiger partial charge in [-0.3, -0.25) is 0 Å². The van der Waals surface area contributed by atoms with E-state index in [4.69, 9.17) is 9.47 Å². The van der Waals surface area contributed by atoms with Crippen molar-refractivity contribution in [3.05, 3.63) is 11.6 Å². The lowest BCUT2D eigenvalue weighted by Gasteiger charge is -2.19. The first-order chi connectivity index (χ1) is 6.74. The fraction of sp³-hybridized carbons (Fsp3) is 0.727. The molecule has 1 aliphatic rings. The van der Waals surface area contributed by atoms with Crippen molar-refractivity contribution in [2.45, 2.75) is 26.7 Å². The second-order valence-corrected chi connectivity index (χ2v) is 3.52. The summed E-state index contributed by atoms with van der Waals surface area (Å²) in [7, 11) is 0. The van der Waals surface area contributed by atoms with Gasteiger partial charge in [0.05, 0.1) is 6.61 Å². The van der Waals surface area contributed by atoms with Gasteiger partial charge in [0.1, 0.15) is 0 Å². The summed E-state index contributed by atoms with van der Waals surface area (Å²) in [6.07, 6.45) is 4.04. The first kappa shape index (κ1) is 11.2. The van der Waals surface area contributed by atoms with E-state index in [9.17, 15) is 4.79 Å². The molecule has 0 unspecified atom stereocenters. The Balaban J connectivity index is 2.44. The van der Waals surface area contributed by atoms with Crippen LogP contribution in [0, 0.1) is 5.92 Å². The molecule has 0 aliphatic carbocycles. The molecule has 0 amide bonds. The zero-order valence-corrected chi connectivity index (χ0v) is 8.91. The Kier molecular flexibility index (Phi) is 4.66. The van der Waals surface area contributed by atoms with Crippen molar-refractivity contribution in [2.24, 2.45) is 5.92 Å². The first-order valence-corrected chi connectivity index (χ1v) is 5.17. The summed E-state index contributed by atoms with van der Waals surface area (Å²) in [5.74, 6) is 0.284. The molecule has 80 valence electrons. The molecule has 0 N–H and O–H groups in total. The average Bonchev–Trinajstić information content (AvgIpc) is 2.19. The van der Waals surface area contributed by atoms with Gasteiger partial charge >= 0.3 is 5.97 Å². The maximum atomic E-state index is 11.3. The molecule has 0 aromatic carbocycles. The first-order valence-electron chi connectivity index (χ1n) is 5.17. The van der Waals surface area contributed by atoms with Gasteiger partial charge in [-0.05, 0) is 32.6 Å². The lowest BCUT2D eigenvalue weighted by atomic mass is 9.98. The third-order valence-electron chi connectivity index (χ3n) is 2.35. The number of ether oxygens (including phenoxy) is 2. The third-order valence-corrected chi connectivity index (χ3v) is 2.35. The highest BCUT2D eigenvalue weighted by atomic mass is 16.5. The zero-order chi connectivity index (χ0) is 10.4. The van der Waals surface area contributed by atoms with Gasteiger partial charge in [0.25, 0.3) is 0 Å². The van der Waals surface area contributed by atoms with E-state index < -0.39 is 0 Å². The Morgan fingerprint density at radius 1 is 1.50 bits per heavy atom. The van der Waals surface area contributed by atoms with Crippen LogP contribution in [0.5, 0.6) is 0 Å². The van der Waals surface area contributed by atoms with Crippen LogP contribution in [0.1, 0.15) is 26.7 Å². The lowest BCUT2D eigenvalue weighted by Crippen LogP contribution is -2.15. The van der Waals surface area contributed by atoms with Crippen LogP contribution in [0.25, 0.3) is 0 Å². The van der Waals surface area contributed by atoms with Gasteiger partial charge in [-0.25, -0.2) is 4.79 Å². The summed E-state index contributed by atoms with van der Waals surface area (Å²) in [5.41, 5.74) is 0.721. The highest BCUT2D eigenvalue weighted by molar-refractivity contribution is 5.87. The number of rotatable bonds is 3. The molecule has 3 heteroatoms. The van der Waals surface area contributed by atoms with E-state index in [0.717, 1.165) is 31.6 Å². The predicted octanol–water partition coefficient (Wildman–Crippen LogP) is 1.92. The van der Waals surface area contributed by atoms with Gasteiger partial charge in [-0.2, -0.15) is 0 Å². The Morgan fingerprint density at radius 2 is 2.14 bits per heavy atom. The van der Waals surface area contributed by atoms with Crippen LogP contribution < -0.4 is 0 Å². The van der Waals surface area contributed by atoms with Crippen LogP contribution in [0.15, 0.2) is 11.6 Å². The largest absolute Gasteiger partial charge is 0.463 e. The minimum Gasteiger partial charge on any atom is -0.463 e. The summed E-state index contributed by atoms with van der Waals surface area (Å²) in [6.45, 7) is 5.68. The monoisotopic (exact) mass is 198 g/mol. The van der Waals surface area contributed by atoms with E-state index in [-0.39, 0.29) is 5.97 Å². The third kappa shape index (κ3) is 3.50. The van der Waals surface area contributed by atoms with Crippen LogP contribution in [-0.2, 0) is 14.3 Å². The highest BCUT2D eigenvalue weighted by Crippen LogP contribution is 2.17. The standard InChI is InChI=1S/C11H18O3/c1-3-14-11(12)9(2)8-10-4-6-13-7-5-10/h8,10H,3-7H2,1-2H3/b9-8+. The molecular weight excluding hydrogens is 180 g/mol. The fourth-order valence-corrected chi connectivity index (χ4v) is 1.55. The maximum Gasteiger partial charge on any atom is 0.333 e. The van der Waals surface area contributed by atoms with Gasteiger partial charge in [-0.1, -0.05) is 6.08 Å². The molecule has 1 aliphatic heterocycles. The summed E-state index contributed by atoms with van der Waals surface area (Å²) in [6, 6.07) is 0. The van der Waals surface area contributed by atoms with Crippen LogP contribution in [0.3, 0.4) is 0 Å². The van der Waals surface area contributed by atoms with E-state index in [0.29, 0.717) is 12.5 Å².